The van der Waals surface area contributed by atoms with Crippen LogP contribution in [0.2, 0.25) is 0 Å². The van der Waals surface area contributed by atoms with Gasteiger partial charge in [-0.1, -0.05) is 32.8 Å². The molecule has 2 aromatic rings. The van der Waals surface area contributed by atoms with Crippen molar-refractivity contribution < 1.29 is 5.11 Å². The topological polar surface area (TPSA) is 39.3 Å². The van der Waals surface area contributed by atoms with Crippen LogP contribution in [0.25, 0.3) is 10.9 Å². The Morgan fingerprint density at radius 1 is 1.05 bits per heavy atom. The standard InChI is InChI=1S/C18H28N2O/c1-3-5-11-20(12-6-4-2)13-10-15-14-19-16-8-7-9-17(21)18(15)16/h7-9,14,19,21H,3-6,10-13H2,1-2H3. The van der Waals surface area contributed by atoms with E-state index < -0.39 is 0 Å². The van der Waals surface area contributed by atoms with Crippen LogP contribution in [-0.2, 0) is 6.42 Å². The molecule has 0 amide bonds. The predicted octanol–water partition coefficient (Wildman–Crippen LogP) is 4.32. The van der Waals surface area contributed by atoms with Crippen LogP contribution in [0.15, 0.2) is 24.4 Å². The van der Waals surface area contributed by atoms with E-state index in [-0.39, 0.29) is 0 Å². The molecule has 1 aromatic heterocycles. The summed E-state index contributed by atoms with van der Waals surface area (Å²) < 4.78 is 0. The molecule has 0 spiro atoms. The Morgan fingerprint density at radius 3 is 2.43 bits per heavy atom. The van der Waals surface area contributed by atoms with Crippen LogP contribution >= 0.6 is 0 Å². The number of aromatic amines is 1. The number of nitrogens with one attached hydrogen (secondary N) is 1. The summed E-state index contributed by atoms with van der Waals surface area (Å²) in [5, 5.41) is 11.0. The van der Waals surface area contributed by atoms with Gasteiger partial charge in [0.05, 0.1) is 0 Å². The quantitative estimate of drug-likeness (QED) is 0.721. The third kappa shape index (κ3) is 4.24. The number of hydrogen-bond acceptors (Lipinski definition) is 2. The second-order valence-electron chi connectivity index (χ2n) is 5.81. The number of hydrogen-bond donors (Lipinski definition) is 2. The van der Waals surface area contributed by atoms with E-state index in [1.807, 2.05) is 18.3 Å². The Labute approximate surface area is 128 Å². The first-order valence-electron chi connectivity index (χ1n) is 8.26. The second kappa shape index (κ2) is 8.08. The third-order valence-corrected chi connectivity index (χ3v) is 4.12. The average molecular weight is 288 g/mol. The zero-order chi connectivity index (χ0) is 15.1. The minimum atomic E-state index is 0.386. The molecule has 0 atom stereocenters. The minimum Gasteiger partial charge on any atom is -0.507 e. The monoisotopic (exact) mass is 288 g/mol. The van der Waals surface area contributed by atoms with Crippen molar-refractivity contribution in [1.82, 2.24) is 9.88 Å². The summed E-state index contributed by atoms with van der Waals surface area (Å²) in [7, 11) is 0. The number of aromatic nitrogens is 1. The van der Waals surface area contributed by atoms with Crippen molar-refractivity contribution >= 4 is 10.9 Å². The van der Waals surface area contributed by atoms with Gasteiger partial charge in [0.25, 0.3) is 0 Å². The molecule has 0 unspecified atom stereocenters. The first-order valence-corrected chi connectivity index (χ1v) is 8.26. The van der Waals surface area contributed by atoms with E-state index in [4.69, 9.17) is 0 Å². The number of H-pyrrole nitrogens is 1. The van der Waals surface area contributed by atoms with Crippen LogP contribution < -0.4 is 0 Å². The summed E-state index contributed by atoms with van der Waals surface area (Å²) in [6.07, 6.45) is 8.06. The van der Waals surface area contributed by atoms with Gasteiger partial charge in [-0.15, -0.1) is 0 Å². The zero-order valence-electron chi connectivity index (χ0n) is 13.4. The molecule has 1 heterocycles. The van der Waals surface area contributed by atoms with E-state index in [1.54, 1.807) is 6.07 Å². The number of phenolic OH excluding ortho intramolecular Hbond substituents is 1. The van der Waals surface area contributed by atoms with Crippen molar-refractivity contribution in [2.24, 2.45) is 0 Å². The number of unbranched alkanes of at least 4 members (excludes halogenated alkanes) is 2. The lowest BCUT2D eigenvalue weighted by Gasteiger charge is -2.21. The smallest absolute Gasteiger partial charge is 0.125 e. The largest absolute Gasteiger partial charge is 0.507 e. The summed E-state index contributed by atoms with van der Waals surface area (Å²) in [6.45, 7) is 7.93. The molecule has 3 heteroatoms. The fourth-order valence-electron chi connectivity index (χ4n) is 2.81. The number of aromatic hydroxyl groups is 1. The second-order valence-corrected chi connectivity index (χ2v) is 5.81. The Kier molecular flexibility index (Phi) is 6.12. The molecular weight excluding hydrogens is 260 g/mol. The fourth-order valence-corrected chi connectivity index (χ4v) is 2.81. The van der Waals surface area contributed by atoms with Gasteiger partial charge in [-0.3, -0.25) is 0 Å². The maximum absolute atomic E-state index is 10.1. The van der Waals surface area contributed by atoms with Crippen LogP contribution in [0.1, 0.15) is 45.1 Å². The van der Waals surface area contributed by atoms with Gasteiger partial charge in [-0.2, -0.15) is 0 Å². The predicted molar refractivity (Wildman–Crippen MR) is 89.9 cm³/mol. The minimum absolute atomic E-state index is 0.386. The van der Waals surface area contributed by atoms with Crippen LogP contribution in [0.4, 0.5) is 0 Å². The lowest BCUT2D eigenvalue weighted by atomic mass is 10.1. The Morgan fingerprint density at radius 2 is 1.76 bits per heavy atom. The Bertz CT molecular complexity index is 539. The maximum Gasteiger partial charge on any atom is 0.125 e. The van der Waals surface area contributed by atoms with E-state index in [0.717, 1.165) is 23.9 Å². The van der Waals surface area contributed by atoms with Crippen LogP contribution in [0.3, 0.4) is 0 Å². The first kappa shape index (κ1) is 15.9. The van der Waals surface area contributed by atoms with Crippen molar-refractivity contribution in [3.05, 3.63) is 30.0 Å². The first-order chi connectivity index (χ1) is 10.3. The molecule has 0 saturated heterocycles. The van der Waals surface area contributed by atoms with Gasteiger partial charge in [0.2, 0.25) is 0 Å². The summed E-state index contributed by atoms with van der Waals surface area (Å²) in [4.78, 5) is 5.82. The van der Waals surface area contributed by atoms with Gasteiger partial charge in [-0.25, -0.2) is 0 Å². The Hall–Kier alpha value is -1.48. The summed E-state index contributed by atoms with van der Waals surface area (Å²) in [6, 6.07) is 5.67. The maximum atomic E-state index is 10.1. The van der Waals surface area contributed by atoms with Crippen molar-refractivity contribution in [2.45, 2.75) is 46.0 Å². The van der Waals surface area contributed by atoms with Crippen molar-refractivity contribution in [1.29, 1.82) is 0 Å². The molecule has 0 radical (unpaired) electrons. The van der Waals surface area contributed by atoms with Gasteiger partial charge in [-0.05, 0) is 50.0 Å². The van der Waals surface area contributed by atoms with Crippen molar-refractivity contribution in [3.8, 4) is 5.75 Å². The molecule has 2 N–H and O–H groups in total. The van der Waals surface area contributed by atoms with E-state index in [0.29, 0.717) is 5.75 Å². The molecule has 3 nitrogen and oxygen atoms in total. The molecule has 1 aromatic carbocycles. The van der Waals surface area contributed by atoms with Crippen molar-refractivity contribution in [3.63, 3.8) is 0 Å². The molecule has 0 aliphatic heterocycles. The van der Waals surface area contributed by atoms with Crippen molar-refractivity contribution in [2.75, 3.05) is 19.6 Å². The number of nitrogens with zero attached hydrogens (tertiary/aromatic N) is 1. The lowest BCUT2D eigenvalue weighted by molar-refractivity contribution is 0.268. The molecule has 0 aliphatic carbocycles. The zero-order valence-corrected chi connectivity index (χ0v) is 13.4. The van der Waals surface area contributed by atoms with E-state index in [9.17, 15) is 5.11 Å². The normalized spacial score (nSPS) is 11.6. The van der Waals surface area contributed by atoms with E-state index in [1.165, 1.54) is 44.3 Å². The highest BCUT2D eigenvalue weighted by Crippen LogP contribution is 2.27. The van der Waals surface area contributed by atoms with E-state index in [2.05, 4.69) is 23.7 Å². The molecular formula is C18H28N2O. The molecule has 2 rings (SSSR count). The fraction of sp³-hybridized carbons (Fsp3) is 0.556. The van der Waals surface area contributed by atoms with Crippen LogP contribution in [0.5, 0.6) is 5.75 Å². The lowest BCUT2D eigenvalue weighted by Crippen LogP contribution is -2.28. The molecule has 0 saturated carbocycles. The van der Waals surface area contributed by atoms with Gasteiger partial charge in [0.15, 0.2) is 0 Å². The number of phenols is 1. The third-order valence-electron chi connectivity index (χ3n) is 4.12. The summed E-state index contributed by atoms with van der Waals surface area (Å²) in [5.41, 5.74) is 2.25. The molecule has 0 bridgehead atoms. The number of fused-ring (bicyclic) bond motifs is 1. The molecule has 0 fully saturated rings. The van der Waals surface area contributed by atoms with Gasteiger partial charge < -0.3 is 15.0 Å². The van der Waals surface area contributed by atoms with Gasteiger partial charge >= 0.3 is 0 Å². The molecule has 0 aliphatic rings. The van der Waals surface area contributed by atoms with Gasteiger partial charge in [0, 0.05) is 23.6 Å². The highest BCUT2D eigenvalue weighted by atomic mass is 16.3. The van der Waals surface area contributed by atoms with Gasteiger partial charge in [0.1, 0.15) is 5.75 Å². The number of rotatable bonds is 9. The van der Waals surface area contributed by atoms with Crippen LogP contribution in [0, 0.1) is 0 Å². The highest BCUT2D eigenvalue weighted by Gasteiger charge is 2.10. The highest BCUT2D eigenvalue weighted by molar-refractivity contribution is 5.88. The van der Waals surface area contributed by atoms with E-state index >= 15 is 0 Å². The SMILES string of the molecule is CCCCN(CCCC)CCc1c[nH]c2cccc(O)c12. The summed E-state index contributed by atoms with van der Waals surface area (Å²) in [5.74, 6) is 0.386. The Balaban J connectivity index is 2.01. The number of benzene rings is 1. The molecule has 21 heavy (non-hydrogen) atoms. The van der Waals surface area contributed by atoms with Crippen LogP contribution in [-0.4, -0.2) is 34.6 Å². The average Bonchev–Trinajstić information content (AvgIpc) is 2.91. The summed E-state index contributed by atoms with van der Waals surface area (Å²) >= 11 is 0. The molecule has 116 valence electrons.